The summed E-state index contributed by atoms with van der Waals surface area (Å²) in [5.41, 5.74) is 6.81. The predicted octanol–water partition coefficient (Wildman–Crippen LogP) is 9.13. The molecule has 0 radical (unpaired) electrons. The van der Waals surface area contributed by atoms with Crippen molar-refractivity contribution in [2.45, 2.75) is 6.17 Å². The smallest absolute Gasteiger partial charge is 0.179 e. The number of aliphatic imine (C=N–C) groups is 2. The first-order valence-corrected chi connectivity index (χ1v) is 21.0. The highest BCUT2D eigenvalue weighted by Gasteiger charge is 2.41. The molecular weight excluding hydrogens is 699 g/mol. The zero-order chi connectivity index (χ0) is 37.3. The van der Waals surface area contributed by atoms with Crippen molar-refractivity contribution in [2.24, 2.45) is 9.98 Å². The number of para-hydroxylation sites is 1. The molecule has 0 unspecified atom stereocenters. The van der Waals surface area contributed by atoms with Gasteiger partial charge in [0.2, 0.25) is 0 Å². The molecule has 0 fully saturated rings. The largest absolute Gasteiger partial charge is 0.456 e. The Bertz CT molecular complexity index is 2720. The molecule has 0 saturated heterocycles. The van der Waals surface area contributed by atoms with Gasteiger partial charge in [0.1, 0.15) is 22.8 Å². The van der Waals surface area contributed by atoms with Crippen LogP contribution in [0.5, 0.6) is 0 Å². The van der Waals surface area contributed by atoms with Crippen LogP contribution in [0.1, 0.15) is 22.9 Å². The molecular formula is C51H37N3OSi. The molecule has 0 bridgehead atoms. The molecule has 0 saturated carbocycles. The molecule has 56 heavy (non-hydrogen) atoms. The maximum atomic E-state index is 6.67. The van der Waals surface area contributed by atoms with E-state index in [1.165, 1.54) is 20.7 Å². The van der Waals surface area contributed by atoms with Crippen LogP contribution in [-0.2, 0) is 0 Å². The number of furan rings is 1. The summed E-state index contributed by atoms with van der Waals surface area (Å²) < 4.78 is 6.67. The molecule has 0 atom stereocenters. The summed E-state index contributed by atoms with van der Waals surface area (Å²) in [6.07, 6.45) is -0.528. The van der Waals surface area contributed by atoms with Crippen molar-refractivity contribution in [1.82, 2.24) is 5.32 Å². The van der Waals surface area contributed by atoms with Crippen molar-refractivity contribution in [3.63, 3.8) is 0 Å². The summed E-state index contributed by atoms with van der Waals surface area (Å²) in [6.45, 7) is 0. The van der Waals surface area contributed by atoms with Gasteiger partial charge in [0.25, 0.3) is 0 Å². The van der Waals surface area contributed by atoms with E-state index in [0.717, 1.165) is 61.4 Å². The maximum absolute atomic E-state index is 6.67. The summed E-state index contributed by atoms with van der Waals surface area (Å²) >= 11 is 0. The van der Waals surface area contributed by atoms with Crippen molar-refractivity contribution >= 4 is 62.4 Å². The van der Waals surface area contributed by atoms with Crippen LogP contribution in [0.2, 0.25) is 0 Å². The Morgan fingerprint density at radius 1 is 0.393 bits per heavy atom. The average molecular weight is 736 g/mol. The fourth-order valence-corrected chi connectivity index (χ4v) is 13.1. The van der Waals surface area contributed by atoms with Crippen LogP contribution >= 0.6 is 0 Å². The SMILES string of the molecule is c1ccc(C2=NC(c3cc(-c4cccc([Si](c5ccccc5)(c5ccccc5)c5ccccc5)c4)cc4oc5ccccc5c34)N=C(c3ccccc3)N2)cc1. The van der Waals surface area contributed by atoms with Gasteiger partial charge >= 0.3 is 0 Å². The van der Waals surface area contributed by atoms with Gasteiger partial charge < -0.3 is 9.73 Å². The van der Waals surface area contributed by atoms with Crippen molar-refractivity contribution in [1.29, 1.82) is 0 Å². The monoisotopic (exact) mass is 735 g/mol. The third-order valence-electron chi connectivity index (χ3n) is 10.9. The molecule has 0 amide bonds. The normalized spacial score (nSPS) is 13.3. The molecule has 4 nitrogen and oxygen atoms in total. The number of rotatable bonds is 8. The molecule has 266 valence electrons. The van der Waals surface area contributed by atoms with Gasteiger partial charge in [0, 0.05) is 27.5 Å². The van der Waals surface area contributed by atoms with Gasteiger partial charge in [-0.3, -0.25) is 0 Å². The van der Waals surface area contributed by atoms with Crippen LogP contribution in [-0.4, -0.2) is 19.7 Å². The summed E-state index contributed by atoms with van der Waals surface area (Å²) in [6, 6.07) is 75.7. The van der Waals surface area contributed by atoms with Gasteiger partial charge in [-0.25, -0.2) is 9.98 Å². The number of hydrogen-bond acceptors (Lipinski definition) is 4. The Labute approximate surface area is 327 Å². The molecule has 0 aliphatic carbocycles. The highest BCUT2D eigenvalue weighted by atomic mass is 28.3. The van der Waals surface area contributed by atoms with E-state index in [4.69, 9.17) is 14.4 Å². The lowest BCUT2D eigenvalue weighted by Crippen LogP contribution is -2.74. The van der Waals surface area contributed by atoms with Gasteiger partial charge in [-0.05, 0) is 50.1 Å². The molecule has 1 aromatic heterocycles. The van der Waals surface area contributed by atoms with Crippen LogP contribution < -0.4 is 26.1 Å². The molecule has 1 aliphatic heterocycles. The van der Waals surface area contributed by atoms with Gasteiger partial charge in [-0.15, -0.1) is 0 Å². The predicted molar refractivity (Wildman–Crippen MR) is 235 cm³/mol. The molecule has 8 aromatic carbocycles. The molecule has 1 N–H and O–H groups in total. The van der Waals surface area contributed by atoms with Crippen LogP contribution in [0.4, 0.5) is 0 Å². The van der Waals surface area contributed by atoms with Gasteiger partial charge in [-0.1, -0.05) is 194 Å². The van der Waals surface area contributed by atoms with E-state index in [-0.39, 0.29) is 0 Å². The second-order valence-corrected chi connectivity index (χ2v) is 18.0. The van der Waals surface area contributed by atoms with Crippen molar-refractivity contribution in [3.05, 3.63) is 229 Å². The minimum absolute atomic E-state index is 0.528. The highest BCUT2D eigenvalue weighted by Crippen LogP contribution is 2.40. The number of nitrogens with one attached hydrogen (secondary N) is 1. The van der Waals surface area contributed by atoms with Crippen molar-refractivity contribution in [2.75, 3.05) is 0 Å². The van der Waals surface area contributed by atoms with Crippen molar-refractivity contribution < 1.29 is 4.42 Å². The first-order chi connectivity index (χ1) is 27.8. The van der Waals surface area contributed by atoms with E-state index < -0.39 is 14.2 Å². The third kappa shape index (κ3) is 5.86. The van der Waals surface area contributed by atoms with E-state index in [0.29, 0.717) is 0 Å². The van der Waals surface area contributed by atoms with E-state index in [1.54, 1.807) is 0 Å². The van der Waals surface area contributed by atoms with Crippen LogP contribution in [0.3, 0.4) is 0 Å². The second-order valence-electron chi connectivity index (χ2n) is 14.2. The van der Waals surface area contributed by atoms with E-state index in [9.17, 15) is 0 Å². The standard InChI is InChI=1S/C51H37N3OSi/c1-6-19-36(20-7-1)49-52-50(37-21-8-2-9-22-37)54-51(53-49)45-34-39(35-47-48(45)44-31-16-17-32-46(44)55-47)38-23-18-30-43(33-38)56(40-24-10-3-11-25-40,41-26-12-4-13-27-41)42-28-14-5-15-29-42/h1-35,51H,(H,52,53,54). The average Bonchev–Trinajstić information content (AvgIpc) is 3.67. The van der Waals surface area contributed by atoms with Crippen LogP contribution in [0.15, 0.2) is 227 Å². The summed E-state index contributed by atoms with van der Waals surface area (Å²) in [5.74, 6) is 1.56. The number of hydrogen-bond donors (Lipinski definition) is 1. The zero-order valence-electron chi connectivity index (χ0n) is 30.6. The zero-order valence-corrected chi connectivity index (χ0v) is 31.6. The minimum Gasteiger partial charge on any atom is -0.456 e. The Morgan fingerprint density at radius 3 is 1.41 bits per heavy atom. The van der Waals surface area contributed by atoms with Crippen LogP contribution in [0, 0.1) is 0 Å². The fraction of sp³-hybridized carbons (Fsp3) is 0.0196. The topological polar surface area (TPSA) is 49.9 Å². The van der Waals surface area contributed by atoms with E-state index >= 15 is 0 Å². The number of benzene rings is 8. The molecule has 1 aliphatic rings. The Kier molecular flexibility index (Phi) is 8.54. The Hall–Kier alpha value is -7.08. The summed E-state index contributed by atoms with van der Waals surface area (Å²) in [7, 11) is -2.76. The molecule has 5 heteroatoms. The third-order valence-corrected chi connectivity index (χ3v) is 15.6. The van der Waals surface area contributed by atoms with Crippen molar-refractivity contribution in [3.8, 4) is 11.1 Å². The lowest BCUT2D eigenvalue weighted by Gasteiger charge is -2.34. The Balaban J connectivity index is 1.22. The van der Waals surface area contributed by atoms with E-state index in [1.807, 2.05) is 48.5 Å². The van der Waals surface area contributed by atoms with Gasteiger partial charge in [0.15, 0.2) is 14.2 Å². The summed E-state index contributed by atoms with van der Waals surface area (Å²) in [5, 5.41) is 11.0. The quantitative estimate of drug-likeness (QED) is 0.125. The van der Waals surface area contributed by atoms with E-state index in [2.05, 4.69) is 169 Å². The lowest BCUT2D eigenvalue weighted by atomic mass is 9.97. The van der Waals surface area contributed by atoms with Crippen LogP contribution in [0.25, 0.3) is 33.1 Å². The maximum Gasteiger partial charge on any atom is 0.179 e. The molecule has 2 heterocycles. The number of nitrogens with zero attached hydrogens (tertiary/aromatic N) is 2. The number of fused-ring (bicyclic) bond motifs is 3. The van der Waals surface area contributed by atoms with Gasteiger partial charge in [-0.2, -0.15) is 0 Å². The Morgan fingerprint density at radius 2 is 0.857 bits per heavy atom. The molecule has 0 spiro atoms. The fourth-order valence-electron chi connectivity index (χ4n) is 8.33. The highest BCUT2D eigenvalue weighted by molar-refractivity contribution is 7.19. The summed E-state index contributed by atoms with van der Waals surface area (Å²) in [4.78, 5) is 10.7. The minimum atomic E-state index is -2.76. The first kappa shape index (κ1) is 33.5. The van der Waals surface area contributed by atoms with Gasteiger partial charge in [0.05, 0.1) is 0 Å². The first-order valence-electron chi connectivity index (χ1n) is 19.0. The second kappa shape index (κ2) is 14.3. The molecule has 10 rings (SSSR count). The lowest BCUT2D eigenvalue weighted by molar-refractivity contribution is 0.668. The molecule has 9 aromatic rings. The number of amidine groups is 2.